The third kappa shape index (κ3) is 4.68. The number of nitrogens with zero attached hydrogens (tertiary/aromatic N) is 1. The molecule has 0 aromatic heterocycles. The van der Waals surface area contributed by atoms with Crippen LogP contribution in [-0.4, -0.2) is 50.2 Å². The lowest BCUT2D eigenvalue weighted by atomic mass is 10.2. The molecule has 1 fully saturated rings. The number of hydrogen-bond donors (Lipinski definition) is 0. The van der Waals surface area contributed by atoms with Crippen LogP contribution in [0.1, 0.15) is 5.56 Å². The molecule has 0 bridgehead atoms. The first-order valence-corrected chi connectivity index (χ1v) is 6.99. The summed E-state index contributed by atoms with van der Waals surface area (Å²) in [5.41, 5.74) is 0.558. The van der Waals surface area contributed by atoms with Crippen molar-refractivity contribution in [2.24, 2.45) is 0 Å². The van der Waals surface area contributed by atoms with Gasteiger partial charge in [0.05, 0.1) is 12.5 Å². The Labute approximate surface area is 123 Å². The lowest BCUT2D eigenvalue weighted by Crippen LogP contribution is -2.42. The minimum atomic E-state index is -0.372. The Morgan fingerprint density at radius 2 is 2.35 bits per heavy atom. The number of hydrogen-bond acceptors (Lipinski definition) is 3. The Morgan fingerprint density at radius 1 is 1.50 bits per heavy atom. The highest BCUT2D eigenvalue weighted by Gasteiger charge is 2.18. The zero-order chi connectivity index (χ0) is 14.4. The van der Waals surface area contributed by atoms with Crippen molar-refractivity contribution < 1.29 is 13.9 Å². The lowest BCUT2D eigenvalue weighted by molar-refractivity contribution is -0.0403. The normalized spacial score (nSPS) is 19.2. The number of morpholine rings is 1. The molecule has 3 nitrogen and oxygen atoms in total. The molecule has 1 atom stereocenters. The highest BCUT2D eigenvalue weighted by molar-refractivity contribution is 6.19. The highest BCUT2D eigenvalue weighted by Crippen LogP contribution is 2.17. The van der Waals surface area contributed by atoms with E-state index in [1.165, 1.54) is 12.1 Å². The molecule has 108 valence electrons. The molecule has 1 aliphatic heterocycles. The van der Waals surface area contributed by atoms with E-state index in [9.17, 15) is 4.39 Å². The lowest BCUT2D eigenvalue weighted by Gasteiger charge is -2.29. The van der Waals surface area contributed by atoms with E-state index in [1.54, 1.807) is 6.07 Å². The first-order chi connectivity index (χ1) is 9.67. The minimum Gasteiger partial charge on any atom is -0.491 e. The summed E-state index contributed by atoms with van der Waals surface area (Å²) in [5, 5.41) is 0. The summed E-state index contributed by atoms with van der Waals surface area (Å²) < 4.78 is 24.7. The molecule has 1 saturated heterocycles. The van der Waals surface area contributed by atoms with Crippen molar-refractivity contribution in [3.8, 4) is 17.6 Å². The van der Waals surface area contributed by atoms with Crippen molar-refractivity contribution >= 4 is 11.6 Å². The fraction of sp³-hybridized carbons (Fsp3) is 0.467. The Kier molecular flexibility index (Phi) is 5.66. The fourth-order valence-electron chi connectivity index (χ4n) is 2.01. The summed E-state index contributed by atoms with van der Waals surface area (Å²) in [6.45, 7) is 2.83. The van der Waals surface area contributed by atoms with Gasteiger partial charge in [0.2, 0.25) is 0 Å². The summed E-state index contributed by atoms with van der Waals surface area (Å²) in [7, 11) is 2.04. The van der Waals surface area contributed by atoms with Crippen molar-refractivity contribution in [2.45, 2.75) is 6.10 Å². The third-order valence-corrected chi connectivity index (χ3v) is 3.08. The van der Waals surface area contributed by atoms with Gasteiger partial charge >= 0.3 is 0 Å². The second-order valence-corrected chi connectivity index (χ2v) is 4.94. The van der Waals surface area contributed by atoms with Crippen molar-refractivity contribution in [1.82, 2.24) is 4.90 Å². The van der Waals surface area contributed by atoms with Crippen LogP contribution >= 0.6 is 11.6 Å². The maximum Gasteiger partial charge on any atom is 0.128 e. The van der Waals surface area contributed by atoms with Crippen LogP contribution in [0.3, 0.4) is 0 Å². The zero-order valence-corrected chi connectivity index (χ0v) is 12.1. The van der Waals surface area contributed by atoms with Crippen LogP contribution in [-0.2, 0) is 4.74 Å². The van der Waals surface area contributed by atoms with E-state index < -0.39 is 0 Å². The Balaban J connectivity index is 1.96. The molecule has 20 heavy (non-hydrogen) atoms. The van der Waals surface area contributed by atoms with E-state index >= 15 is 0 Å². The smallest absolute Gasteiger partial charge is 0.128 e. The number of alkyl halides is 1. The largest absolute Gasteiger partial charge is 0.491 e. The van der Waals surface area contributed by atoms with Gasteiger partial charge in [-0.05, 0) is 19.2 Å². The standard InChI is InChI=1S/C15H17ClFNO2/c1-18-5-6-19-15(10-18)11-20-14-8-12(3-2-4-16)7-13(17)9-14/h7-9,15H,4-6,10-11H2,1H3. The number of benzene rings is 1. The van der Waals surface area contributed by atoms with Gasteiger partial charge in [0.1, 0.15) is 24.3 Å². The van der Waals surface area contributed by atoms with Crippen molar-refractivity contribution in [3.63, 3.8) is 0 Å². The van der Waals surface area contributed by atoms with Gasteiger partial charge in [-0.1, -0.05) is 11.8 Å². The Morgan fingerprint density at radius 3 is 3.10 bits per heavy atom. The van der Waals surface area contributed by atoms with E-state index in [-0.39, 0.29) is 17.8 Å². The van der Waals surface area contributed by atoms with E-state index in [4.69, 9.17) is 21.1 Å². The summed E-state index contributed by atoms with van der Waals surface area (Å²) in [6.07, 6.45) is 0.00870. The molecule has 0 aliphatic carbocycles. The van der Waals surface area contributed by atoms with Gasteiger partial charge in [0.15, 0.2) is 0 Å². The van der Waals surface area contributed by atoms with Gasteiger partial charge in [-0.3, -0.25) is 0 Å². The SMILES string of the molecule is CN1CCOC(COc2cc(F)cc(C#CCCl)c2)C1. The number of ether oxygens (including phenoxy) is 2. The molecule has 1 aliphatic rings. The van der Waals surface area contributed by atoms with Crippen LogP contribution in [0.4, 0.5) is 4.39 Å². The topological polar surface area (TPSA) is 21.7 Å². The molecule has 1 unspecified atom stereocenters. The van der Waals surface area contributed by atoms with E-state index in [2.05, 4.69) is 16.7 Å². The van der Waals surface area contributed by atoms with Crippen LogP contribution in [0.2, 0.25) is 0 Å². The summed E-state index contributed by atoms with van der Waals surface area (Å²) in [5.74, 6) is 5.78. The van der Waals surface area contributed by atoms with Crippen LogP contribution in [0.15, 0.2) is 18.2 Å². The van der Waals surface area contributed by atoms with Crippen molar-refractivity contribution in [3.05, 3.63) is 29.6 Å². The molecule has 2 rings (SSSR count). The van der Waals surface area contributed by atoms with Crippen LogP contribution in [0, 0.1) is 17.7 Å². The second kappa shape index (κ2) is 7.49. The molecule has 1 aromatic carbocycles. The minimum absolute atomic E-state index is 0.00870. The molecule has 1 aromatic rings. The average Bonchev–Trinajstić information content (AvgIpc) is 2.42. The quantitative estimate of drug-likeness (QED) is 0.630. The maximum absolute atomic E-state index is 13.5. The third-order valence-electron chi connectivity index (χ3n) is 2.95. The number of rotatable bonds is 3. The van der Waals surface area contributed by atoms with Crippen LogP contribution < -0.4 is 4.74 Å². The molecule has 1 heterocycles. The van der Waals surface area contributed by atoms with Gasteiger partial charge in [0.25, 0.3) is 0 Å². The van der Waals surface area contributed by atoms with Crippen LogP contribution in [0.5, 0.6) is 5.75 Å². The molecule has 0 N–H and O–H groups in total. The molecule has 0 amide bonds. The molecular weight excluding hydrogens is 281 g/mol. The zero-order valence-electron chi connectivity index (χ0n) is 11.4. The predicted molar refractivity (Wildman–Crippen MR) is 76.7 cm³/mol. The first kappa shape index (κ1) is 15.1. The monoisotopic (exact) mass is 297 g/mol. The highest BCUT2D eigenvalue weighted by atomic mass is 35.5. The molecule has 0 spiro atoms. The first-order valence-electron chi connectivity index (χ1n) is 6.46. The summed E-state index contributed by atoms with van der Waals surface area (Å²) in [6, 6.07) is 4.41. The Bertz CT molecular complexity index is 512. The summed E-state index contributed by atoms with van der Waals surface area (Å²) >= 11 is 5.49. The molecular formula is C15H17ClFNO2. The van der Waals surface area contributed by atoms with Gasteiger partial charge in [-0.15, -0.1) is 11.6 Å². The predicted octanol–water partition coefficient (Wildman–Crippen LogP) is 2.13. The fourth-order valence-corrected chi connectivity index (χ4v) is 2.08. The second-order valence-electron chi connectivity index (χ2n) is 4.68. The maximum atomic E-state index is 13.5. The van der Waals surface area contributed by atoms with Crippen molar-refractivity contribution in [2.75, 3.05) is 39.2 Å². The molecule has 0 saturated carbocycles. The molecule has 5 heteroatoms. The van der Waals surface area contributed by atoms with Gasteiger partial charge in [0, 0.05) is 24.7 Å². The average molecular weight is 298 g/mol. The van der Waals surface area contributed by atoms with E-state index in [1.807, 2.05) is 7.05 Å². The molecule has 0 radical (unpaired) electrons. The van der Waals surface area contributed by atoms with Gasteiger partial charge in [-0.25, -0.2) is 4.39 Å². The van der Waals surface area contributed by atoms with E-state index in [0.29, 0.717) is 24.5 Å². The number of halogens is 2. The Hall–Kier alpha value is -1.28. The summed E-state index contributed by atoms with van der Waals surface area (Å²) in [4.78, 5) is 2.18. The van der Waals surface area contributed by atoms with Crippen LogP contribution in [0.25, 0.3) is 0 Å². The van der Waals surface area contributed by atoms with Crippen molar-refractivity contribution in [1.29, 1.82) is 0 Å². The van der Waals surface area contributed by atoms with Gasteiger partial charge in [-0.2, -0.15) is 0 Å². The van der Waals surface area contributed by atoms with E-state index in [0.717, 1.165) is 13.1 Å². The van der Waals surface area contributed by atoms with Gasteiger partial charge < -0.3 is 14.4 Å². The number of likely N-dealkylation sites (N-methyl/N-ethyl adjacent to an activating group) is 1.